The van der Waals surface area contributed by atoms with Crippen LogP contribution in [0.15, 0.2) is 36.4 Å². The van der Waals surface area contributed by atoms with Crippen molar-refractivity contribution in [3.05, 3.63) is 42.0 Å². The van der Waals surface area contributed by atoms with Crippen molar-refractivity contribution >= 4 is 0 Å². The first kappa shape index (κ1) is 11.8. The molecule has 1 aromatic carbocycles. The third-order valence-corrected chi connectivity index (χ3v) is 1.99. The molecule has 0 aliphatic rings. The smallest absolute Gasteiger partial charge is 0.119 e. The molecular formula is C13H19NO. The third-order valence-electron chi connectivity index (χ3n) is 1.99. The minimum absolute atomic E-state index is 0.590. The summed E-state index contributed by atoms with van der Waals surface area (Å²) < 4.78 is 5.51. The maximum atomic E-state index is 5.51. The van der Waals surface area contributed by atoms with Crippen molar-refractivity contribution < 1.29 is 4.74 Å². The Bertz CT molecular complexity index is 303. The zero-order valence-corrected chi connectivity index (χ0v) is 9.55. The van der Waals surface area contributed by atoms with E-state index in [1.807, 2.05) is 19.1 Å². The van der Waals surface area contributed by atoms with E-state index in [9.17, 15) is 0 Å². The largest absolute Gasteiger partial charge is 0.489 e. The quantitative estimate of drug-likeness (QED) is 0.721. The first-order valence-corrected chi connectivity index (χ1v) is 5.29. The van der Waals surface area contributed by atoms with Crippen molar-refractivity contribution in [2.75, 3.05) is 13.2 Å². The molecule has 1 N–H and O–H groups in total. The molecule has 0 radical (unpaired) electrons. The predicted molar refractivity (Wildman–Crippen MR) is 64.1 cm³/mol. The fraction of sp³-hybridized carbons (Fsp3) is 0.385. The summed E-state index contributed by atoms with van der Waals surface area (Å²) in [6, 6.07) is 8.15. The van der Waals surface area contributed by atoms with Crippen molar-refractivity contribution in [1.29, 1.82) is 0 Å². The van der Waals surface area contributed by atoms with Crippen molar-refractivity contribution in [3.63, 3.8) is 0 Å². The highest BCUT2D eigenvalue weighted by molar-refractivity contribution is 5.27. The van der Waals surface area contributed by atoms with Gasteiger partial charge < -0.3 is 10.1 Å². The van der Waals surface area contributed by atoms with Gasteiger partial charge in [0.25, 0.3) is 0 Å². The van der Waals surface area contributed by atoms with Gasteiger partial charge in [0.1, 0.15) is 12.4 Å². The van der Waals surface area contributed by atoms with Crippen LogP contribution in [0.1, 0.15) is 19.4 Å². The monoisotopic (exact) mass is 205 g/mol. The second-order valence-electron chi connectivity index (χ2n) is 3.67. The molecule has 0 amide bonds. The van der Waals surface area contributed by atoms with Gasteiger partial charge in [0, 0.05) is 6.54 Å². The van der Waals surface area contributed by atoms with Crippen molar-refractivity contribution in [2.24, 2.45) is 0 Å². The van der Waals surface area contributed by atoms with Crippen LogP contribution in [0.25, 0.3) is 0 Å². The Kier molecular flexibility index (Phi) is 4.91. The summed E-state index contributed by atoms with van der Waals surface area (Å²) in [4.78, 5) is 0. The molecule has 0 heterocycles. The van der Waals surface area contributed by atoms with E-state index in [0.717, 1.165) is 24.4 Å². The van der Waals surface area contributed by atoms with Crippen LogP contribution in [0, 0.1) is 0 Å². The molecule has 1 aromatic rings. The first-order chi connectivity index (χ1) is 7.22. The standard InChI is InChI=1S/C13H19NO/c1-4-14-9-12-5-7-13(8-6-12)15-10-11(2)3/h5-8,14H,2,4,9-10H2,1,3H3. The SMILES string of the molecule is C=C(C)COc1ccc(CNCC)cc1. The molecule has 2 heteroatoms. The summed E-state index contributed by atoms with van der Waals surface area (Å²) in [5, 5.41) is 3.28. The predicted octanol–water partition coefficient (Wildman–Crippen LogP) is 2.75. The highest BCUT2D eigenvalue weighted by Crippen LogP contribution is 2.12. The second kappa shape index (κ2) is 6.25. The Balaban J connectivity index is 2.45. The van der Waals surface area contributed by atoms with Crippen LogP contribution in [0.2, 0.25) is 0 Å². The minimum atomic E-state index is 0.590. The lowest BCUT2D eigenvalue weighted by atomic mass is 10.2. The van der Waals surface area contributed by atoms with Crippen LogP contribution < -0.4 is 10.1 Å². The molecule has 0 aliphatic carbocycles. The van der Waals surface area contributed by atoms with E-state index in [0.29, 0.717) is 6.61 Å². The Morgan fingerprint density at radius 1 is 1.33 bits per heavy atom. The maximum Gasteiger partial charge on any atom is 0.119 e. The number of hydrogen-bond acceptors (Lipinski definition) is 2. The van der Waals surface area contributed by atoms with Gasteiger partial charge in [-0.05, 0) is 36.7 Å². The van der Waals surface area contributed by atoms with E-state index in [2.05, 4.69) is 31.0 Å². The van der Waals surface area contributed by atoms with E-state index in [1.54, 1.807) is 0 Å². The van der Waals surface area contributed by atoms with Gasteiger partial charge in [0.15, 0.2) is 0 Å². The van der Waals surface area contributed by atoms with Gasteiger partial charge in [-0.3, -0.25) is 0 Å². The van der Waals surface area contributed by atoms with Gasteiger partial charge >= 0.3 is 0 Å². The lowest BCUT2D eigenvalue weighted by Crippen LogP contribution is -2.11. The average Bonchev–Trinajstić information content (AvgIpc) is 2.25. The van der Waals surface area contributed by atoms with Crippen LogP contribution in [-0.2, 0) is 6.54 Å². The fourth-order valence-corrected chi connectivity index (χ4v) is 1.18. The molecule has 0 bridgehead atoms. The minimum Gasteiger partial charge on any atom is -0.489 e. The Hall–Kier alpha value is -1.28. The van der Waals surface area contributed by atoms with Crippen LogP contribution in [-0.4, -0.2) is 13.2 Å². The zero-order valence-electron chi connectivity index (χ0n) is 9.55. The second-order valence-corrected chi connectivity index (χ2v) is 3.67. The molecule has 0 atom stereocenters. The van der Waals surface area contributed by atoms with E-state index in [1.165, 1.54) is 5.56 Å². The fourth-order valence-electron chi connectivity index (χ4n) is 1.18. The van der Waals surface area contributed by atoms with E-state index >= 15 is 0 Å². The molecule has 1 rings (SSSR count). The Morgan fingerprint density at radius 3 is 2.53 bits per heavy atom. The number of nitrogens with one attached hydrogen (secondary N) is 1. The highest BCUT2D eigenvalue weighted by Gasteiger charge is 1.95. The summed E-state index contributed by atoms with van der Waals surface area (Å²) in [5.74, 6) is 0.901. The van der Waals surface area contributed by atoms with E-state index < -0.39 is 0 Å². The lowest BCUT2D eigenvalue weighted by molar-refractivity contribution is 0.352. The highest BCUT2D eigenvalue weighted by atomic mass is 16.5. The molecule has 0 aromatic heterocycles. The topological polar surface area (TPSA) is 21.3 Å². The molecule has 0 fully saturated rings. The van der Waals surface area contributed by atoms with Gasteiger partial charge in [-0.15, -0.1) is 0 Å². The first-order valence-electron chi connectivity index (χ1n) is 5.29. The van der Waals surface area contributed by atoms with Crippen LogP contribution >= 0.6 is 0 Å². The maximum absolute atomic E-state index is 5.51. The summed E-state index contributed by atoms with van der Waals surface area (Å²) in [6.45, 7) is 10.4. The molecule has 0 saturated heterocycles. The van der Waals surface area contributed by atoms with Crippen molar-refractivity contribution in [3.8, 4) is 5.75 Å². The number of ether oxygens (including phenoxy) is 1. The summed E-state index contributed by atoms with van der Waals surface area (Å²) in [7, 11) is 0. The number of rotatable bonds is 6. The third kappa shape index (κ3) is 4.66. The molecule has 0 saturated carbocycles. The van der Waals surface area contributed by atoms with Gasteiger partial charge in [0.05, 0.1) is 0 Å². The van der Waals surface area contributed by atoms with E-state index in [4.69, 9.17) is 4.74 Å². The molecule has 0 spiro atoms. The van der Waals surface area contributed by atoms with Crippen LogP contribution in [0.3, 0.4) is 0 Å². The van der Waals surface area contributed by atoms with Crippen molar-refractivity contribution in [1.82, 2.24) is 5.32 Å². The normalized spacial score (nSPS) is 10.0. The van der Waals surface area contributed by atoms with Crippen molar-refractivity contribution in [2.45, 2.75) is 20.4 Å². The lowest BCUT2D eigenvalue weighted by Gasteiger charge is -2.07. The Labute approximate surface area is 92.0 Å². The van der Waals surface area contributed by atoms with Gasteiger partial charge in [-0.2, -0.15) is 0 Å². The number of hydrogen-bond donors (Lipinski definition) is 1. The van der Waals surface area contributed by atoms with E-state index in [-0.39, 0.29) is 0 Å². The van der Waals surface area contributed by atoms with Gasteiger partial charge in [-0.1, -0.05) is 25.6 Å². The van der Waals surface area contributed by atoms with Gasteiger partial charge in [-0.25, -0.2) is 0 Å². The molecular weight excluding hydrogens is 186 g/mol. The summed E-state index contributed by atoms with van der Waals surface area (Å²) in [6.07, 6.45) is 0. The molecule has 2 nitrogen and oxygen atoms in total. The van der Waals surface area contributed by atoms with Crippen LogP contribution in [0.4, 0.5) is 0 Å². The zero-order chi connectivity index (χ0) is 11.1. The number of benzene rings is 1. The molecule has 15 heavy (non-hydrogen) atoms. The van der Waals surface area contributed by atoms with Crippen LogP contribution in [0.5, 0.6) is 5.75 Å². The summed E-state index contributed by atoms with van der Waals surface area (Å²) >= 11 is 0. The van der Waals surface area contributed by atoms with Gasteiger partial charge in [0.2, 0.25) is 0 Å². The Morgan fingerprint density at radius 2 is 2.00 bits per heavy atom. The average molecular weight is 205 g/mol. The summed E-state index contributed by atoms with van der Waals surface area (Å²) in [5.41, 5.74) is 2.31. The molecule has 82 valence electrons. The molecule has 0 aliphatic heterocycles. The molecule has 0 unspecified atom stereocenters.